The van der Waals surface area contributed by atoms with E-state index in [0.717, 1.165) is 11.1 Å². The van der Waals surface area contributed by atoms with Crippen LogP contribution in [0.2, 0.25) is 0 Å². The Morgan fingerprint density at radius 2 is 1.64 bits per heavy atom. The van der Waals surface area contributed by atoms with Crippen LogP contribution in [-0.4, -0.2) is 24.4 Å². The van der Waals surface area contributed by atoms with E-state index in [1.807, 2.05) is 60.7 Å². The Morgan fingerprint density at radius 3 is 2.24 bits per heavy atom. The van der Waals surface area contributed by atoms with Gasteiger partial charge in [0.1, 0.15) is 6.04 Å². The maximum atomic E-state index is 12.6. The molecule has 0 saturated heterocycles. The van der Waals surface area contributed by atoms with E-state index < -0.39 is 16.1 Å². The van der Waals surface area contributed by atoms with Crippen molar-refractivity contribution in [3.63, 3.8) is 0 Å². The van der Waals surface area contributed by atoms with Gasteiger partial charge in [0.2, 0.25) is 21.8 Å². The molecule has 1 aromatic heterocycles. The number of aromatic nitrogens is 2. The lowest BCUT2D eigenvalue weighted by atomic mass is 10.1. The number of benzene rings is 2. The topological polar surface area (TPSA) is 85.1 Å². The normalized spacial score (nSPS) is 12.8. The van der Waals surface area contributed by atoms with Crippen LogP contribution in [0.15, 0.2) is 65.1 Å². The van der Waals surface area contributed by atoms with E-state index >= 15 is 0 Å². The van der Waals surface area contributed by atoms with Crippen molar-refractivity contribution in [2.45, 2.75) is 19.4 Å². The highest BCUT2D eigenvalue weighted by atomic mass is 32.2. The molecule has 0 radical (unpaired) electrons. The maximum absolute atomic E-state index is 12.6. The van der Waals surface area contributed by atoms with E-state index in [2.05, 4.69) is 14.9 Å². The van der Waals surface area contributed by atoms with Gasteiger partial charge in [-0.1, -0.05) is 60.7 Å². The molecule has 6 nitrogen and oxygen atoms in total. The summed E-state index contributed by atoms with van der Waals surface area (Å²) in [4.78, 5) is 0. The zero-order valence-electron chi connectivity index (χ0n) is 13.8. The van der Waals surface area contributed by atoms with Crippen molar-refractivity contribution in [2.24, 2.45) is 0 Å². The molecule has 0 aliphatic rings. The molecule has 7 heteroatoms. The second-order valence-corrected chi connectivity index (χ2v) is 7.55. The zero-order chi connectivity index (χ0) is 17.7. The third-order valence-corrected chi connectivity index (χ3v) is 5.06. The van der Waals surface area contributed by atoms with Gasteiger partial charge in [-0.25, -0.2) is 8.42 Å². The monoisotopic (exact) mass is 357 g/mol. The number of sulfonamides is 1. The first-order valence-corrected chi connectivity index (χ1v) is 9.57. The molecule has 3 rings (SSSR count). The SMILES string of the molecule is Cc1nnc(C(NS(=O)(=O)CCc2ccccc2)c2ccccc2)o1. The van der Waals surface area contributed by atoms with Gasteiger partial charge < -0.3 is 4.42 Å². The van der Waals surface area contributed by atoms with Crippen LogP contribution in [0.3, 0.4) is 0 Å². The van der Waals surface area contributed by atoms with Crippen LogP contribution in [0.1, 0.15) is 29.0 Å². The molecule has 0 aliphatic heterocycles. The summed E-state index contributed by atoms with van der Waals surface area (Å²) in [7, 11) is -3.54. The third-order valence-electron chi connectivity index (χ3n) is 3.72. The lowest BCUT2D eigenvalue weighted by molar-refractivity contribution is 0.436. The summed E-state index contributed by atoms with van der Waals surface area (Å²) in [5.74, 6) is 0.597. The molecule has 1 heterocycles. The Kier molecular flexibility index (Phi) is 5.25. The van der Waals surface area contributed by atoms with Crippen LogP contribution in [0.25, 0.3) is 0 Å². The second kappa shape index (κ2) is 7.58. The standard InChI is InChI=1S/C18H19N3O3S/c1-14-19-20-18(24-14)17(16-10-6-3-7-11-16)21-25(22,23)13-12-15-8-4-2-5-9-15/h2-11,17,21H,12-13H2,1H3. The molecule has 0 saturated carbocycles. The largest absolute Gasteiger partial charge is 0.423 e. The molecular formula is C18H19N3O3S. The molecule has 0 amide bonds. The van der Waals surface area contributed by atoms with Gasteiger partial charge in [0.15, 0.2) is 0 Å². The Labute approximate surface area is 147 Å². The first kappa shape index (κ1) is 17.3. The van der Waals surface area contributed by atoms with Crippen LogP contribution in [-0.2, 0) is 16.4 Å². The van der Waals surface area contributed by atoms with Gasteiger partial charge in [-0.05, 0) is 17.5 Å². The number of rotatable bonds is 7. The molecule has 0 bridgehead atoms. The Bertz CT molecular complexity index is 909. The van der Waals surface area contributed by atoms with Crippen molar-refractivity contribution in [3.8, 4) is 0 Å². The van der Waals surface area contributed by atoms with Gasteiger partial charge in [0, 0.05) is 6.92 Å². The molecule has 25 heavy (non-hydrogen) atoms. The number of nitrogens with zero attached hydrogens (tertiary/aromatic N) is 2. The molecule has 0 aliphatic carbocycles. The Balaban J connectivity index is 1.79. The van der Waals surface area contributed by atoms with E-state index in [1.54, 1.807) is 6.92 Å². The van der Waals surface area contributed by atoms with E-state index in [9.17, 15) is 8.42 Å². The number of nitrogens with one attached hydrogen (secondary N) is 1. The maximum Gasteiger partial charge on any atom is 0.238 e. The molecule has 1 unspecified atom stereocenters. The van der Waals surface area contributed by atoms with E-state index in [0.29, 0.717) is 12.3 Å². The minimum Gasteiger partial charge on any atom is -0.423 e. The predicted octanol–water partition coefficient (Wildman–Crippen LogP) is 2.63. The number of hydrogen-bond acceptors (Lipinski definition) is 5. The summed E-state index contributed by atoms with van der Waals surface area (Å²) in [6.45, 7) is 1.67. The molecule has 1 atom stereocenters. The predicted molar refractivity (Wildman–Crippen MR) is 94.4 cm³/mol. The number of hydrogen-bond donors (Lipinski definition) is 1. The summed E-state index contributed by atoms with van der Waals surface area (Å²) >= 11 is 0. The van der Waals surface area contributed by atoms with E-state index in [4.69, 9.17) is 4.42 Å². The van der Waals surface area contributed by atoms with Crippen LogP contribution in [0.4, 0.5) is 0 Å². The van der Waals surface area contributed by atoms with Gasteiger partial charge in [-0.15, -0.1) is 10.2 Å². The Morgan fingerprint density at radius 1 is 1.00 bits per heavy atom. The minimum absolute atomic E-state index is 0.0204. The molecule has 2 aromatic carbocycles. The Hall–Kier alpha value is -2.51. The highest BCUT2D eigenvalue weighted by Crippen LogP contribution is 2.22. The summed E-state index contributed by atoms with van der Waals surface area (Å²) in [5.41, 5.74) is 1.72. The van der Waals surface area contributed by atoms with Crippen molar-refractivity contribution in [1.82, 2.24) is 14.9 Å². The van der Waals surface area contributed by atoms with Crippen LogP contribution >= 0.6 is 0 Å². The first-order valence-electron chi connectivity index (χ1n) is 7.92. The van der Waals surface area contributed by atoms with Gasteiger partial charge in [0.25, 0.3) is 0 Å². The van der Waals surface area contributed by atoms with Crippen molar-refractivity contribution in [1.29, 1.82) is 0 Å². The van der Waals surface area contributed by atoms with Crippen molar-refractivity contribution >= 4 is 10.0 Å². The van der Waals surface area contributed by atoms with Gasteiger partial charge in [-0.3, -0.25) is 0 Å². The van der Waals surface area contributed by atoms with E-state index in [-0.39, 0.29) is 11.6 Å². The number of aryl methyl sites for hydroxylation is 2. The lowest BCUT2D eigenvalue weighted by Crippen LogP contribution is -2.32. The zero-order valence-corrected chi connectivity index (χ0v) is 14.6. The highest BCUT2D eigenvalue weighted by Gasteiger charge is 2.25. The quantitative estimate of drug-likeness (QED) is 0.702. The fraction of sp³-hybridized carbons (Fsp3) is 0.222. The van der Waals surface area contributed by atoms with Gasteiger partial charge >= 0.3 is 0 Å². The molecule has 130 valence electrons. The fourth-order valence-corrected chi connectivity index (χ4v) is 3.69. The summed E-state index contributed by atoms with van der Waals surface area (Å²) < 4.78 is 33.3. The van der Waals surface area contributed by atoms with Crippen LogP contribution in [0.5, 0.6) is 0 Å². The summed E-state index contributed by atoms with van der Waals surface area (Å²) in [5, 5.41) is 7.79. The average Bonchev–Trinajstić information content (AvgIpc) is 3.06. The minimum atomic E-state index is -3.54. The smallest absolute Gasteiger partial charge is 0.238 e. The van der Waals surface area contributed by atoms with E-state index in [1.165, 1.54) is 0 Å². The third kappa shape index (κ3) is 4.74. The first-order chi connectivity index (χ1) is 12.0. The highest BCUT2D eigenvalue weighted by molar-refractivity contribution is 7.89. The average molecular weight is 357 g/mol. The molecular weight excluding hydrogens is 338 g/mol. The molecule has 0 spiro atoms. The summed E-state index contributed by atoms with van der Waals surface area (Å²) in [6.07, 6.45) is 0.431. The molecule has 0 fully saturated rings. The van der Waals surface area contributed by atoms with Crippen molar-refractivity contribution < 1.29 is 12.8 Å². The van der Waals surface area contributed by atoms with Crippen LogP contribution in [0, 0.1) is 6.92 Å². The second-order valence-electron chi connectivity index (χ2n) is 5.68. The van der Waals surface area contributed by atoms with Crippen molar-refractivity contribution in [2.75, 3.05) is 5.75 Å². The van der Waals surface area contributed by atoms with Crippen molar-refractivity contribution in [3.05, 3.63) is 83.6 Å². The van der Waals surface area contributed by atoms with Crippen LogP contribution < -0.4 is 4.72 Å². The van der Waals surface area contributed by atoms with Gasteiger partial charge in [-0.2, -0.15) is 4.72 Å². The summed E-state index contributed by atoms with van der Waals surface area (Å²) in [6, 6.07) is 18.0. The fourth-order valence-electron chi connectivity index (χ4n) is 2.47. The molecule has 3 aromatic rings. The van der Waals surface area contributed by atoms with Gasteiger partial charge in [0.05, 0.1) is 5.75 Å². The lowest BCUT2D eigenvalue weighted by Gasteiger charge is -2.16. The molecule has 1 N–H and O–H groups in total.